The standard InChI is InChI=1S/C17H16BrFN4/c18-13-4-6-17(21-10-13)22-14-2-1-7-23(11-14)16-5-3-12(9-20)8-15(16)19/h3-6,8,10,14H,1-2,7,11H2,(H,21,22). The number of nitriles is 1. The second-order valence-corrected chi connectivity index (χ2v) is 6.48. The summed E-state index contributed by atoms with van der Waals surface area (Å²) in [5.74, 6) is 0.479. The SMILES string of the molecule is N#Cc1ccc(N2CCCC(Nc3ccc(Br)cn3)C2)c(F)c1. The molecule has 0 amide bonds. The van der Waals surface area contributed by atoms with Gasteiger partial charge in [0.1, 0.15) is 11.6 Å². The Kier molecular flexibility index (Phi) is 4.77. The van der Waals surface area contributed by atoms with Gasteiger partial charge in [-0.15, -0.1) is 0 Å². The Labute approximate surface area is 143 Å². The average molecular weight is 375 g/mol. The number of pyridine rings is 1. The molecule has 0 spiro atoms. The first-order valence-electron chi connectivity index (χ1n) is 7.48. The van der Waals surface area contributed by atoms with Crippen molar-refractivity contribution in [1.82, 2.24) is 4.98 Å². The lowest BCUT2D eigenvalue weighted by molar-refractivity contribution is 0.518. The molecule has 1 aromatic heterocycles. The van der Waals surface area contributed by atoms with Gasteiger partial charge in [-0.1, -0.05) is 0 Å². The minimum atomic E-state index is -0.341. The highest BCUT2D eigenvalue weighted by Gasteiger charge is 2.22. The number of hydrogen-bond donors (Lipinski definition) is 1. The highest BCUT2D eigenvalue weighted by Crippen LogP contribution is 2.25. The van der Waals surface area contributed by atoms with Crippen LogP contribution in [0.4, 0.5) is 15.9 Å². The molecule has 1 saturated heterocycles. The molecule has 0 saturated carbocycles. The summed E-state index contributed by atoms with van der Waals surface area (Å²) in [6.07, 6.45) is 3.75. The van der Waals surface area contributed by atoms with Crippen molar-refractivity contribution in [2.24, 2.45) is 0 Å². The number of nitrogens with one attached hydrogen (secondary N) is 1. The molecule has 1 atom stereocenters. The summed E-state index contributed by atoms with van der Waals surface area (Å²) in [5, 5.41) is 12.2. The van der Waals surface area contributed by atoms with E-state index in [-0.39, 0.29) is 11.9 Å². The smallest absolute Gasteiger partial charge is 0.147 e. The van der Waals surface area contributed by atoms with Crippen LogP contribution in [0.2, 0.25) is 0 Å². The molecule has 23 heavy (non-hydrogen) atoms. The molecule has 2 aromatic rings. The first-order chi connectivity index (χ1) is 11.2. The fraction of sp³-hybridized carbons (Fsp3) is 0.294. The van der Waals surface area contributed by atoms with E-state index < -0.39 is 0 Å². The third-order valence-electron chi connectivity index (χ3n) is 3.92. The van der Waals surface area contributed by atoms with Crippen LogP contribution in [0.1, 0.15) is 18.4 Å². The summed E-state index contributed by atoms with van der Waals surface area (Å²) in [5.41, 5.74) is 0.899. The minimum Gasteiger partial charge on any atom is -0.367 e. The van der Waals surface area contributed by atoms with Gasteiger partial charge in [0.15, 0.2) is 0 Å². The van der Waals surface area contributed by atoms with Crippen LogP contribution in [0, 0.1) is 17.1 Å². The molecule has 1 aromatic carbocycles. The van der Waals surface area contributed by atoms with Crippen LogP contribution >= 0.6 is 15.9 Å². The van der Waals surface area contributed by atoms with Crippen molar-refractivity contribution in [1.29, 1.82) is 5.26 Å². The lowest BCUT2D eigenvalue weighted by Gasteiger charge is -2.35. The molecular formula is C17H16BrFN4. The van der Waals surface area contributed by atoms with E-state index in [0.29, 0.717) is 17.8 Å². The molecule has 0 aliphatic carbocycles. The first kappa shape index (κ1) is 15.8. The number of hydrogen-bond acceptors (Lipinski definition) is 4. The van der Waals surface area contributed by atoms with Gasteiger partial charge >= 0.3 is 0 Å². The van der Waals surface area contributed by atoms with Gasteiger partial charge in [0.2, 0.25) is 0 Å². The second kappa shape index (κ2) is 6.97. The summed E-state index contributed by atoms with van der Waals surface area (Å²) < 4.78 is 15.1. The van der Waals surface area contributed by atoms with E-state index in [9.17, 15) is 4.39 Å². The Morgan fingerprint density at radius 2 is 2.22 bits per heavy atom. The van der Waals surface area contributed by atoms with Gasteiger partial charge in [-0.05, 0) is 59.1 Å². The molecule has 1 N–H and O–H groups in total. The van der Waals surface area contributed by atoms with Crippen molar-refractivity contribution < 1.29 is 4.39 Å². The van der Waals surface area contributed by atoms with Gasteiger partial charge in [-0.25, -0.2) is 9.37 Å². The normalized spacial score (nSPS) is 17.6. The van der Waals surface area contributed by atoms with Crippen molar-refractivity contribution in [3.63, 3.8) is 0 Å². The highest BCUT2D eigenvalue weighted by atomic mass is 79.9. The lowest BCUT2D eigenvalue weighted by Crippen LogP contribution is -2.42. The predicted molar refractivity (Wildman–Crippen MR) is 91.9 cm³/mol. The van der Waals surface area contributed by atoms with Crippen molar-refractivity contribution in [3.8, 4) is 6.07 Å². The van der Waals surface area contributed by atoms with Crippen LogP contribution in [0.25, 0.3) is 0 Å². The maximum absolute atomic E-state index is 14.2. The van der Waals surface area contributed by atoms with E-state index in [4.69, 9.17) is 5.26 Å². The zero-order valence-corrected chi connectivity index (χ0v) is 14.1. The highest BCUT2D eigenvalue weighted by molar-refractivity contribution is 9.10. The van der Waals surface area contributed by atoms with Crippen molar-refractivity contribution in [2.75, 3.05) is 23.3 Å². The number of halogens is 2. The van der Waals surface area contributed by atoms with Gasteiger partial charge in [0.05, 0.1) is 17.3 Å². The average Bonchev–Trinajstić information content (AvgIpc) is 2.57. The fourth-order valence-electron chi connectivity index (χ4n) is 2.82. The largest absolute Gasteiger partial charge is 0.367 e. The van der Waals surface area contributed by atoms with E-state index in [1.165, 1.54) is 6.07 Å². The van der Waals surface area contributed by atoms with Gasteiger partial charge in [0.25, 0.3) is 0 Å². The van der Waals surface area contributed by atoms with E-state index in [1.54, 1.807) is 18.3 Å². The number of anilines is 2. The molecule has 4 nitrogen and oxygen atoms in total. The summed E-state index contributed by atoms with van der Waals surface area (Å²) in [7, 11) is 0. The third-order valence-corrected chi connectivity index (χ3v) is 4.39. The molecular weight excluding hydrogens is 359 g/mol. The maximum atomic E-state index is 14.2. The number of rotatable bonds is 3. The van der Waals surface area contributed by atoms with Crippen molar-refractivity contribution >= 4 is 27.4 Å². The Morgan fingerprint density at radius 1 is 1.35 bits per heavy atom. The molecule has 1 unspecified atom stereocenters. The van der Waals surface area contributed by atoms with Gasteiger partial charge < -0.3 is 10.2 Å². The monoisotopic (exact) mass is 374 g/mol. The number of nitrogens with zero attached hydrogens (tertiary/aromatic N) is 3. The van der Waals surface area contributed by atoms with E-state index >= 15 is 0 Å². The van der Waals surface area contributed by atoms with Gasteiger partial charge in [-0.2, -0.15) is 5.26 Å². The quantitative estimate of drug-likeness (QED) is 0.883. The molecule has 2 heterocycles. The molecule has 0 radical (unpaired) electrons. The zero-order valence-electron chi connectivity index (χ0n) is 12.5. The lowest BCUT2D eigenvalue weighted by atomic mass is 10.0. The van der Waals surface area contributed by atoms with Crippen LogP contribution in [-0.2, 0) is 0 Å². The molecule has 6 heteroatoms. The zero-order chi connectivity index (χ0) is 16.2. The summed E-state index contributed by atoms with van der Waals surface area (Å²) >= 11 is 3.37. The molecule has 3 rings (SSSR count). The fourth-order valence-corrected chi connectivity index (χ4v) is 3.05. The topological polar surface area (TPSA) is 52.0 Å². The predicted octanol–water partition coefficient (Wildman–Crippen LogP) is 3.94. The molecule has 0 bridgehead atoms. The number of piperidine rings is 1. The summed E-state index contributed by atoms with van der Waals surface area (Å²) in [6, 6.07) is 10.7. The van der Waals surface area contributed by atoms with Gasteiger partial charge in [-0.3, -0.25) is 0 Å². The third kappa shape index (κ3) is 3.80. The Hall–Kier alpha value is -2.13. The molecule has 118 valence electrons. The minimum absolute atomic E-state index is 0.215. The van der Waals surface area contributed by atoms with Crippen LogP contribution in [-0.4, -0.2) is 24.1 Å². The number of aromatic nitrogens is 1. The Bertz CT molecular complexity index is 726. The van der Waals surface area contributed by atoms with Crippen LogP contribution in [0.15, 0.2) is 41.0 Å². The van der Waals surface area contributed by atoms with Crippen molar-refractivity contribution in [2.45, 2.75) is 18.9 Å². The first-order valence-corrected chi connectivity index (χ1v) is 8.28. The van der Waals surface area contributed by atoms with Crippen LogP contribution in [0.5, 0.6) is 0 Å². The van der Waals surface area contributed by atoms with Crippen molar-refractivity contribution in [3.05, 3.63) is 52.4 Å². The molecule has 1 fully saturated rings. The Morgan fingerprint density at radius 3 is 2.91 bits per heavy atom. The maximum Gasteiger partial charge on any atom is 0.147 e. The Balaban J connectivity index is 1.71. The summed E-state index contributed by atoms with van der Waals surface area (Å²) in [4.78, 5) is 6.35. The summed E-state index contributed by atoms with van der Waals surface area (Å²) in [6.45, 7) is 1.52. The molecule has 1 aliphatic heterocycles. The van der Waals surface area contributed by atoms with E-state index in [2.05, 4.69) is 26.2 Å². The van der Waals surface area contributed by atoms with Gasteiger partial charge in [0, 0.05) is 29.8 Å². The number of benzene rings is 1. The van der Waals surface area contributed by atoms with Crippen LogP contribution in [0.3, 0.4) is 0 Å². The van der Waals surface area contributed by atoms with E-state index in [0.717, 1.165) is 29.7 Å². The second-order valence-electron chi connectivity index (χ2n) is 5.57. The van der Waals surface area contributed by atoms with Crippen LogP contribution < -0.4 is 10.2 Å². The van der Waals surface area contributed by atoms with E-state index in [1.807, 2.05) is 23.1 Å². The molecule has 1 aliphatic rings.